The van der Waals surface area contributed by atoms with Gasteiger partial charge in [0.2, 0.25) is 5.91 Å². The van der Waals surface area contributed by atoms with E-state index in [-0.39, 0.29) is 18.0 Å². The van der Waals surface area contributed by atoms with E-state index in [9.17, 15) is 9.59 Å². The predicted octanol–water partition coefficient (Wildman–Crippen LogP) is 0.356. The van der Waals surface area contributed by atoms with Gasteiger partial charge in [0.15, 0.2) is 0 Å². The molecule has 1 aliphatic heterocycles. The lowest BCUT2D eigenvalue weighted by Gasteiger charge is -2.32. The van der Waals surface area contributed by atoms with Crippen molar-refractivity contribution in [2.45, 2.75) is 51.7 Å². The van der Waals surface area contributed by atoms with E-state index in [0.29, 0.717) is 13.0 Å². The summed E-state index contributed by atoms with van der Waals surface area (Å²) in [6.45, 7) is 7.95. The first-order valence-electron chi connectivity index (χ1n) is 7.01. The van der Waals surface area contributed by atoms with E-state index in [1.165, 1.54) is 0 Å². The van der Waals surface area contributed by atoms with Gasteiger partial charge < -0.3 is 15.0 Å². The van der Waals surface area contributed by atoms with Gasteiger partial charge in [-0.2, -0.15) is 0 Å². The third-order valence-corrected chi connectivity index (χ3v) is 3.12. The van der Waals surface area contributed by atoms with Crippen LogP contribution in [0, 0.1) is 0 Å². The van der Waals surface area contributed by atoms with Crippen LogP contribution in [0.2, 0.25) is 0 Å². The number of nitrogens with zero attached hydrogens (tertiary/aromatic N) is 1. The molecule has 1 heterocycles. The molecule has 0 aromatic rings. The number of ether oxygens (including phenoxy) is 1. The van der Waals surface area contributed by atoms with Gasteiger partial charge in [-0.3, -0.25) is 10.2 Å². The average molecular weight is 286 g/mol. The van der Waals surface area contributed by atoms with Gasteiger partial charge in [0.25, 0.3) is 0 Å². The Balaban J connectivity index is 2.22. The Morgan fingerprint density at radius 3 is 2.40 bits per heavy atom. The van der Waals surface area contributed by atoms with E-state index in [4.69, 9.17) is 10.6 Å². The van der Waals surface area contributed by atoms with E-state index in [0.717, 1.165) is 25.9 Å². The lowest BCUT2D eigenvalue weighted by atomic mass is 10.1. The minimum Gasteiger partial charge on any atom is -0.444 e. The Hall–Kier alpha value is -1.34. The Morgan fingerprint density at radius 1 is 1.30 bits per heavy atom. The molecule has 7 heteroatoms. The topological polar surface area (TPSA) is 96.7 Å². The molecule has 1 rings (SSSR count). The zero-order chi connectivity index (χ0) is 15.2. The summed E-state index contributed by atoms with van der Waals surface area (Å²) in [5.41, 5.74) is 1.65. The number of alkyl carbamates (subject to hydrolysis) is 1. The van der Waals surface area contributed by atoms with Gasteiger partial charge in [0.1, 0.15) is 5.60 Å². The van der Waals surface area contributed by atoms with Crippen LogP contribution in [0.5, 0.6) is 0 Å². The van der Waals surface area contributed by atoms with Crippen molar-refractivity contribution >= 4 is 12.0 Å². The third kappa shape index (κ3) is 6.72. The largest absolute Gasteiger partial charge is 0.444 e. The number of amides is 2. The van der Waals surface area contributed by atoms with Crippen LogP contribution >= 0.6 is 0 Å². The van der Waals surface area contributed by atoms with E-state index in [1.807, 2.05) is 20.8 Å². The maximum atomic E-state index is 11.6. The number of nitrogens with one attached hydrogen (secondary N) is 2. The second-order valence-electron chi connectivity index (χ2n) is 6.08. The quantitative estimate of drug-likeness (QED) is 0.394. The van der Waals surface area contributed by atoms with Gasteiger partial charge >= 0.3 is 6.09 Å². The van der Waals surface area contributed by atoms with Crippen molar-refractivity contribution in [3.8, 4) is 0 Å². The van der Waals surface area contributed by atoms with Crippen LogP contribution in [-0.4, -0.2) is 48.2 Å². The van der Waals surface area contributed by atoms with Crippen LogP contribution in [0.25, 0.3) is 0 Å². The molecular formula is C13H26N4O3. The molecule has 2 amide bonds. The molecule has 20 heavy (non-hydrogen) atoms. The summed E-state index contributed by atoms with van der Waals surface area (Å²) in [5.74, 6) is 4.88. The Morgan fingerprint density at radius 2 is 1.90 bits per heavy atom. The first kappa shape index (κ1) is 16.7. The number of nitrogens with two attached hydrogens (primary N) is 1. The van der Waals surface area contributed by atoms with E-state index >= 15 is 0 Å². The van der Waals surface area contributed by atoms with E-state index in [2.05, 4.69) is 15.6 Å². The maximum absolute atomic E-state index is 11.6. The first-order valence-corrected chi connectivity index (χ1v) is 7.01. The molecule has 1 fully saturated rings. The number of carbonyl (C=O) groups excluding carboxylic acids is 2. The molecular weight excluding hydrogens is 260 g/mol. The summed E-state index contributed by atoms with van der Waals surface area (Å²) in [4.78, 5) is 24.9. The monoisotopic (exact) mass is 286 g/mol. The molecule has 1 aliphatic rings. The van der Waals surface area contributed by atoms with Crippen LogP contribution in [0.1, 0.15) is 40.0 Å². The van der Waals surface area contributed by atoms with Gasteiger partial charge in [0.05, 0.1) is 0 Å². The van der Waals surface area contributed by atoms with Gasteiger partial charge in [-0.25, -0.2) is 10.6 Å². The number of likely N-dealkylation sites (tertiary alicyclic amines) is 1. The van der Waals surface area contributed by atoms with Gasteiger partial charge in [-0.1, -0.05) is 0 Å². The fourth-order valence-electron chi connectivity index (χ4n) is 2.11. The zero-order valence-corrected chi connectivity index (χ0v) is 12.6. The minimum atomic E-state index is -0.472. The summed E-state index contributed by atoms with van der Waals surface area (Å²) < 4.78 is 5.23. The summed E-state index contributed by atoms with van der Waals surface area (Å²) in [7, 11) is 0. The number of hydrogen-bond donors (Lipinski definition) is 3. The summed E-state index contributed by atoms with van der Waals surface area (Å²) in [6.07, 6.45) is 1.77. The Labute approximate surface area is 120 Å². The second kappa shape index (κ2) is 7.44. The Kier molecular flexibility index (Phi) is 6.22. The van der Waals surface area contributed by atoms with Gasteiger partial charge in [-0.05, 0) is 33.6 Å². The summed E-state index contributed by atoms with van der Waals surface area (Å²) in [5, 5.41) is 2.88. The molecule has 4 N–H and O–H groups in total. The van der Waals surface area contributed by atoms with Crippen molar-refractivity contribution in [2.75, 3.05) is 19.6 Å². The maximum Gasteiger partial charge on any atom is 0.407 e. The molecule has 0 aliphatic carbocycles. The molecule has 0 saturated carbocycles. The fourth-order valence-corrected chi connectivity index (χ4v) is 2.11. The lowest BCUT2D eigenvalue weighted by molar-refractivity contribution is -0.121. The zero-order valence-electron chi connectivity index (χ0n) is 12.6. The summed E-state index contributed by atoms with van der Waals surface area (Å²) >= 11 is 0. The summed E-state index contributed by atoms with van der Waals surface area (Å²) in [6, 6.07) is 0.143. The molecule has 7 nitrogen and oxygen atoms in total. The van der Waals surface area contributed by atoms with Gasteiger partial charge in [-0.15, -0.1) is 0 Å². The number of carbonyl (C=O) groups is 2. The van der Waals surface area contributed by atoms with Crippen LogP contribution in [0.3, 0.4) is 0 Å². The standard InChI is InChI=1S/C13H26N4O3/c1-13(2,3)20-12(19)15-10-4-7-17(8-5-10)9-6-11(18)16-14/h10H,4-9,14H2,1-3H3,(H,15,19)(H,16,18). The van der Waals surface area contributed by atoms with Crippen molar-refractivity contribution in [1.29, 1.82) is 0 Å². The SMILES string of the molecule is CC(C)(C)OC(=O)NC1CCN(CCC(=O)NN)CC1. The molecule has 0 radical (unpaired) electrons. The molecule has 0 atom stereocenters. The van der Waals surface area contributed by atoms with E-state index < -0.39 is 5.60 Å². The highest BCUT2D eigenvalue weighted by Crippen LogP contribution is 2.12. The van der Waals surface area contributed by atoms with Crippen LogP contribution in [0.4, 0.5) is 4.79 Å². The molecule has 0 spiro atoms. The lowest BCUT2D eigenvalue weighted by Crippen LogP contribution is -2.46. The predicted molar refractivity (Wildman–Crippen MR) is 75.8 cm³/mol. The third-order valence-electron chi connectivity index (χ3n) is 3.12. The molecule has 0 aromatic carbocycles. The normalized spacial score (nSPS) is 17.6. The first-order chi connectivity index (χ1) is 9.30. The van der Waals surface area contributed by atoms with Crippen molar-refractivity contribution in [3.05, 3.63) is 0 Å². The molecule has 116 valence electrons. The van der Waals surface area contributed by atoms with Crippen LogP contribution < -0.4 is 16.6 Å². The Bertz CT molecular complexity index is 333. The van der Waals surface area contributed by atoms with Crippen LogP contribution in [0.15, 0.2) is 0 Å². The number of hydrogen-bond acceptors (Lipinski definition) is 5. The molecule has 0 aromatic heterocycles. The second-order valence-corrected chi connectivity index (χ2v) is 6.08. The highest BCUT2D eigenvalue weighted by atomic mass is 16.6. The molecule has 1 saturated heterocycles. The number of piperidine rings is 1. The number of hydrazine groups is 1. The minimum absolute atomic E-state index is 0.143. The van der Waals surface area contributed by atoms with Crippen molar-refractivity contribution < 1.29 is 14.3 Å². The molecule has 0 bridgehead atoms. The highest BCUT2D eigenvalue weighted by molar-refractivity contribution is 5.75. The van der Waals surface area contributed by atoms with Crippen LogP contribution in [-0.2, 0) is 9.53 Å². The number of rotatable bonds is 4. The smallest absolute Gasteiger partial charge is 0.407 e. The van der Waals surface area contributed by atoms with Crippen molar-refractivity contribution in [1.82, 2.24) is 15.6 Å². The van der Waals surface area contributed by atoms with Crippen molar-refractivity contribution in [2.24, 2.45) is 5.84 Å². The van der Waals surface area contributed by atoms with Gasteiger partial charge in [0, 0.05) is 32.1 Å². The molecule has 0 unspecified atom stereocenters. The van der Waals surface area contributed by atoms with Crippen molar-refractivity contribution in [3.63, 3.8) is 0 Å². The average Bonchev–Trinajstić information content (AvgIpc) is 2.35. The van der Waals surface area contributed by atoms with E-state index in [1.54, 1.807) is 0 Å². The highest BCUT2D eigenvalue weighted by Gasteiger charge is 2.23. The fraction of sp³-hybridized carbons (Fsp3) is 0.846.